The summed E-state index contributed by atoms with van der Waals surface area (Å²) in [7, 11) is 0. The van der Waals surface area contributed by atoms with Gasteiger partial charge in [0, 0.05) is 24.5 Å². The van der Waals surface area contributed by atoms with Crippen molar-refractivity contribution in [3.05, 3.63) is 18.0 Å². The van der Waals surface area contributed by atoms with Crippen LogP contribution < -0.4 is 5.32 Å². The van der Waals surface area contributed by atoms with Gasteiger partial charge in [0.05, 0.1) is 0 Å². The van der Waals surface area contributed by atoms with Crippen LogP contribution in [0.5, 0.6) is 0 Å². The predicted molar refractivity (Wildman–Crippen MR) is 57.2 cm³/mol. The van der Waals surface area contributed by atoms with Gasteiger partial charge in [-0.2, -0.15) is 5.10 Å². The van der Waals surface area contributed by atoms with Crippen LogP contribution >= 0.6 is 0 Å². The molecule has 78 valence electrons. The maximum absolute atomic E-state index is 4.28. The highest BCUT2D eigenvalue weighted by atomic mass is 15.3. The second kappa shape index (κ2) is 4.60. The van der Waals surface area contributed by atoms with Crippen LogP contribution in [0.15, 0.2) is 12.3 Å². The topological polar surface area (TPSA) is 29.9 Å². The first-order valence-electron chi connectivity index (χ1n) is 5.58. The van der Waals surface area contributed by atoms with Crippen LogP contribution in [0.4, 0.5) is 0 Å². The highest BCUT2D eigenvalue weighted by molar-refractivity contribution is 4.96. The van der Waals surface area contributed by atoms with Crippen molar-refractivity contribution < 1.29 is 0 Å². The smallest absolute Gasteiger partial charge is 0.0492 e. The fraction of sp³-hybridized carbons (Fsp3) is 0.727. The van der Waals surface area contributed by atoms with Crippen LogP contribution in [0.2, 0.25) is 0 Å². The molecular formula is C11H19N3. The summed E-state index contributed by atoms with van der Waals surface area (Å²) in [6.45, 7) is 4.39. The minimum Gasteiger partial charge on any atom is -0.314 e. The molecule has 0 saturated carbocycles. The van der Waals surface area contributed by atoms with Crippen molar-refractivity contribution in [1.29, 1.82) is 0 Å². The van der Waals surface area contributed by atoms with Gasteiger partial charge in [0.2, 0.25) is 0 Å². The zero-order chi connectivity index (χ0) is 9.80. The largest absolute Gasteiger partial charge is 0.314 e. The molecule has 2 heterocycles. The van der Waals surface area contributed by atoms with E-state index >= 15 is 0 Å². The predicted octanol–water partition coefficient (Wildman–Crippen LogP) is 1.72. The fourth-order valence-corrected chi connectivity index (χ4v) is 2.12. The highest BCUT2D eigenvalue weighted by Crippen LogP contribution is 2.11. The third kappa shape index (κ3) is 2.35. The average Bonchev–Trinajstić information content (AvgIpc) is 2.78. The van der Waals surface area contributed by atoms with Crippen molar-refractivity contribution in [2.45, 2.75) is 45.2 Å². The molecule has 3 heteroatoms. The van der Waals surface area contributed by atoms with Gasteiger partial charge < -0.3 is 5.32 Å². The molecule has 1 fully saturated rings. The maximum atomic E-state index is 4.28. The van der Waals surface area contributed by atoms with Crippen LogP contribution in [0.25, 0.3) is 0 Å². The molecule has 1 saturated heterocycles. The zero-order valence-electron chi connectivity index (χ0n) is 8.87. The van der Waals surface area contributed by atoms with Gasteiger partial charge in [-0.15, -0.1) is 0 Å². The van der Waals surface area contributed by atoms with Gasteiger partial charge in [-0.25, -0.2) is 0 Å². The summed E-state index contributed by atoms with van der Waals surface area (Å²) in [5.74, 6) is 0. The molecule has 0 radical (unpaired) electrons. The van der Waals surface area contributed by atoms with E-state index in [1.807, 2.05) is 6.20 Å². The highest BCUT2D eigenvalue weighted by Gasteiger charge is 2.12. The second-order valence-corrected chi connectivity index (χ2v) is 4.13. The maximum Gasteiger partial charge on any atom is 0.0492 e. The first-order chi connectivity index (χ1) is 6.86. The molecule has 0 aromatic carbocycles. The molecule has 2 rings (SSSR count). The lowest BCUT2D eigenvalue weighted by atomic mass is 10.1. The Balaban J connectivity index is 1.70. The Labute approximate surface area is 85.5 Å². The van der Waals surface area contributed by atoms with E-state index in [0.717, 1.165) is 12.6 Å². The van der Waals surface area contributed by atoms with Gasteiger partial charge in [-0.05, 0) is 45.2 Å². The molecule has 0 amide bonds. The van der Waals surface area contributed by atoms with Crippen molar-refractivity contribution in [2.24, 2.45) is 0 Å². The van der Waals surface area contributed by atoms with Crippen molar-refractivity contribution in [3.8, 4) is 0 Å². The van der Waals surface area contributed by atoms with Crippen LogP contribution in [0.3, 0.4) is 0 Å². The van der Waals surface area contributed by atoms with E-state index in [2.05, 4.69) is 28.1 Å². The Hall–Kier alpha value is -0.830. The van der Waals surface area contributed by atoms with Gasteiger partial charge in [0.15, 0.2) is 0 Å². The van der Waals surface area contributed by atoms with Gasteiger partial charge in [0.25, 0.3) is 0 Å². The summed E-state index contributed by atoms with van der Waals surface area (Å²) in [4.78, 5) is 0. The molecule has 1 aliphatic rings. The molecule has 1 atom stereocenters. The number of nitrogens with zero attached hydrogens (tertiary/aromatic N) is 2. The second-order valence-electron chi connectivity index (χ2n) is 4.13. The van der Waals surface area contributed by atoms with E-state index in [9.17, 15) is 0 Å². The lowest BCUT2D eigenvalue weighted by molar-refractivity contribution is 0.479. The number of hydrogen-bond donors (Lipinski definition) is 1. The monoisotopic (exact) mass is 193 g/mol. The molecule has 1 aromatic rings. The number of rotatable bonds is 4. The lowest BCUT2D eigenvalue weighted by Gasteiger charge is -2.10. The van der Waals surface area contributed by atoms with Crippen molar-refractivity contribution in [3.63, 3.8) is 0 Å². The van der Waals surface area contributed by atoms with E-state index in [-0.39, 0.29) is 0 Å². The normalized spacial score (nSPS) is 21.6. The molecule has 0 aliphatic carbocycles. The minimum atomic E-state index is 0.769. The van der Waals surface area contributed by atoms with E-state index in [1.165, 1.54) is 37.9 Å². The summed E-state index contributed by atoms with van der Waals surface area (Å²) in [6, 6.07) is 2.83. The Morgan fingerprint density at radius 2 is 2.57 bits per heavy atom. The summed E-state index contributed by atoms with van der Waals surface area (Å²) in [5.41, 5.74) is 1.27. The third-order valence-corrected chi connectivity index (χ3v) is 3.01. The molecular weight excluding hydrogens is 174 g/mol. The Bertz CT molecular complexity index is 274. The molecule has 14 heavy (non-hydrogen) atoms. The van der Waals surface area contributed by atoms with Crippen molar-refractivity contribution in [2.75, 3.05) is 6.54 Å². The summed E-state index contributed by atoms with van der Waals surface area (Å²) < 4.78 is 2.09. The van der Waals surface area contributed by atoms with Crippen LogP contribution in [-0.4, -0.2) is 22.4 Å². The SMILES string of the molecule is Cc1ccnn1CCCC1CCCN1. The number of aromatic nitrogens is 2. The first kappa shape index (κ1) is 9.71. The number of hydrogen-bond acceptors (Lipinski definition) is 2. The van der Waals surface area contributed by atoms with E-state index in [0.29, 0.717) is 0 Å². The summed E-state index contributed by atoms with van der Waals surface area (Å²) in [6.07, 6.45) is 7.12. The summed E-state index contributed by atoms with van der Waals surface area (Å²) in [5, 5.41) is 7.80. The van der Waals surface area contributed by atoms with Crippen molar-refractivity contribution >= 4 is 0 Å². The van der Waals surface area contributed by atoms with Gasteiger partial charge >= 0.3 is 0 Å². The molecule has 0 bridgehead atoms. The molecule has 1 unspecified atom stereocenters. The van der Waals surface area contributed by atoms with E-state index < -0.39 is 0 Å². The quantitative estimate of drug-likeness (QED) is 0.789. The van der Waals surface area contributed by atoms with Crippen LogP contribution in [0.1, 0.15) is 31.4 Å². The first-order valence-corrected chi connectivity index (χ1v) is 5.58. The Kier molecular flexibility index (Phi) is 3.19. The third-order valence-electron chi connectivity index (χ3n) is 3.01. The van der Waals surface area contributed by atoms with Crippen LogP contribution in [0, 0.1) is 6.92 Å². The van der Waals surface area contributed by atoms with Gasteiger partial charge in [-0.3, -0.25) is 4.68 Å². The van der Waals surface area contributed by atoms with Crippen molar-refractivity contribution in [1.82, 2.24) is 15.1 Å². The van der Waals surface area contributed by atoms with Gasteiger partial charge in [0.1, 0.15) is 0 Å². The molecule has 1 aliphatic heterocycles. The molecule has 3 nitrogen and oxygen atoms in total. The Morgan fingerprint density at radius 1 is 1.64 bits per heavy atom. The van der Waals surface area contributed by atoms with E-state index in [4.69, 9.17) is 0 Å². The molecule has 1 aromatic heterocycles. The Morgan fingerprint density at radius 3 is 3.21 bits per heavy atom. The van der Waals surface area contributed by atoms with E-state index in [1.54, 1.807) is 0 Å². The number of nitrogens with one attached hydrogen (secondary N) is 1. The summed E-state index contributed by atoms with van der Waals surface area (Å²) >= 11 is 0. The number of aryl methyl sites for hydroxylation is 2. The zero-order valence-corrected chi connectivity index (χ0v) is 8.87. The standard InChI is InChI=1S/C11H19N3/c1-10-6-8-13-14(10)9-3-5-11-4-2-7-12-11/h6,8,11-12H,2-5,7,9H2,1H3. The lowest BCUT2D eigenvalue weighted by Crippen LogP contribution is -2.21. The van der Waals surface area contributed by atoms with Gasteiger partial charge in [-0.1, -0.05) is 0 Å². The molecule has 0 spiro atoms. The minimum absolute atomic E-state index is 0.769. The van der Waals surface area contributed by atoms with Crippen LogP contribution in [-0.2, 0) is 6.54 Å². The average molecular weight is 193 g/mol. The fourth-order valence-electron chi connectivity index (χ4n) is 2.12. The molecule has 1 N–H and O–H groups in total.